The maximum Gasteiger partial charge on any atom is 0.319 e. The van der Waals surface area contributed by atoms with E-state index >= 15 is 0 Å². The molecule has 254 valence electrons. The van der Waals surface area contributed by atoms with Gasteiger partial charge in [-0.2, -0.15) is 10.2 Å². The molecule has 10 N–H and O–H groups in total. The van der Waals surface area contributed by atoms with E-state index in [1.54, 1.807) is 86.0 Å². The van der Waals surface area contributed by atoms with Crippen molar-refractivity contribution in [3.8, 4) is 33.9 Å². The Hall–Kier alpha value is -7.24. The summed E-state index contributed by atoms with van der Waals surface area (Å²) >= 11 is 0. The van der Waals surface area contributed by atoms with Crippen molar-refractivity contribution in [3.05, 3.63) is 107 Å². The minimum absolute atomic E-state index is 0.164. The second-order valence-electron chi connectivity index (χ2n) is 11.0. The molecule has 18 nitrogen and oxygen atoms in total. The molecule has 0 spiro atoms. The average molecular weight is 677 g/mol. The summed E-state index contributed by atoms with van der Waals surface area (Å²) < 4.78 is 3.08. The standard InChI is InChI=1S/C16H15N7O3.C16H17N7O/c1-9(16(18)24)10-2-3-13(20-6-10)22-8-11(7-21-22)12-4-5-19-15(17)14(12)23(25)26;1-9(16(19)24)10-2-3-13(21-6-10)23-8-11(7-22-23)12-4-5-20-15(18)14(12)17/h2-9H,1H3,(H2,17,19)(H2,18,24);2-9H,17H2,1H3,(H2,18,20)(H2,19,24). The van der Waals surface area contributed by atoms with Crippen LogP contribution < -0.4 is 28.7 Å². The highest BCUT2D eigenvalue weighted by molar-refractivity contribution is 5.83. The molecule has 0 saturated carbocycles. The van der Waals surface area contributed by atoms with Crippen LogP contribution in [0.25, 0.3) is 33.9 Å². The Kier molecular flexibility index (Phi) is 9.72. The number of anilines is 3. The average Bonchev–Trinajstić information content (AvgIpc) is 3.80. The molecule has 0 aliphatic rings. The topological polar surface area (TPSA) is 295 Å². The zero-order chi connectivity index (χ0) is 36.1. The van der Waals surface area contributed by atoms with Crippen LogP contribution in [-0.2, 0) is 9.59 Å². The van der Waals surface area contributed by atoms with E-state index < -0.39 is 22.7 Å². The van der Waals surface area contributed by atoms with E-state index in [2.05, 4.69) is 30.1 Å². The van der Waals surface area contributed by atoms with Crippen LogP contribution in [0.3, 0.4) is 0 Å². The molecule has 2 unspecified atom stereocenters. The zero-order valence-electron chi connectivity index (χ0n) is 26.8. The minimum atomic E-state index is -0.576. The molecule has 0 fully saturated rings. The van der Waals surface area contributed by atoms with Gasteiger partial charge in [-0.05, 0) is 49.2 Å². The number of pyridine rings is 4. The molecule has 0 radical (unpaired) electrons. The molecule has 6 rings (SSSR count). The van der Waals surface area contributed by atoms with Crippen molar-refractivity contribution in [2.45, 2.75) is 25.7 Å². The summed E-state index contributed by atoms with van der Waals surface area (Å²) in [6, 6.07) is 10.3. The van der Waals surface area contributed by atoms with Crippen molar-refractivity contribution in [2.75, 3.05) is 17.2 Å². The van der Waals surface area contributed by atoms with Crippen LogP contribution in [0.2, 0.25) is 0 Å². The highest BCUT2D eigenvalue weighted by atomic mass is 16.6. The van der Waals surface area contributed by atoms with Crippen LogP contribution in [0.5, 0.6) is 0 Å². The molecule has 2 atom stereocenters. The van der Waals surface area contributed by atoms with Crippen LogP contribution in [0.1, 0.15) is 36.8 Å². The molecule has 6 aromatic heterocycles. The summed E-state index contributed by atoms with van der Waals surface area (Å²) in [5.41, 5.74) is 31.8. The quantitative estimate of drug-likeness (QED) is 0.109. The van der Waals surface area contributed by atoms with Crippen molar-refractivity contribution in [1.82, 2.24) is 39.5 Å². The highest BCUT2D eigenvalue weighted by Gasteiger charge is 2.22. The summed E-state index contributed by atoms with van der Waals surface area (Å²) in [6.07, 6.45) is 12.7. The number of primary amides is 2. The first-order valence-corrected chi connectivity index (χ1v) is 14.9. The number of amides is 2. The third-order valence-electron chi connectivity index (χ3n) is 7.81. The molecule has 6 aromatic rings. The first-order chi connectivity index (χ1) is 23.8. The van der Waals surface area contributed by atoms with Gasteiger partial charge in [-0.25, -0.2) is 29.3 Å². The number of hydrogen-bond acceptors (Lipinski definition) is 13. The van der Waals surface area contributed by atoms with Gasteiger partial charge < -0.3 is 28.7 Å². The first kappa shape index (κ1) is 34.1. The molecule has 0 bridgehead atoms. The van der Waals surface area contributed by atoms with Gasteiger partial charge in [0.2, 0.25) is 17.6 Å². The van der Waals surface area contributed by atoms with Gasteiger partial charge in [0.25, 0.3) is 0 Å². The normalized spacial score (nSPS) is 12.0. The number of hydrogen-bond donors (Lipinski definition) is 5. The lowest BCUT2D eigenvalue weighted by Gasteiger charge is -2.08. The van der Waals surface area contributed by atoms with E-state index in [1.807, 2.05) is 0 Å². The number of aromatic nitrogens is 8. The number of nitrogens with zero attached hydrogens (tertiary/aromatic N) is 9. The fourth-order valence-electron chi connectivity index (χ4n) is 4.72. The van der Waals surface area contributed by atoms with E-state index in [1.165, 1.54) is 23.1 Å². The Balaban J connectivity index is 0.000000195. The molecular weight excluding hydrogens is 644 g/mol. The van der Waals surface area contributed by atoms with Gasteiger partial charge >= 0.3 is 5.69 Å². The molecule has 0 saturated heterocycles. The fourth-order valence-corrected chi connectivity index (χ4v) is 4.72. The maximum absolute atomic E-state index is 11.3. The van der Waals surface area contributed by atoms with Crippen molar-refractivity contribution in [1.29, 1.82) is 0 Å². The maximum atomic E-state index is 11.3. The number of carbonyl (C=O) groups excluding carboxylic acids is 2. The summed E-state index contributed by atoms with van der Waals surface area (Å²) in [5, 5.41) is 19.7. The molecule has 0 aliphatic heterocycles. The molecule has 6 heterocycles. The van der Waals surface area contributed by atoms with Crippen molar-refractivity contribution < 1.29 is 14.5 Å². The van der Waals surface area contributed by atoms with E-state index in [0.29, 0.717) is 34.0 Å². The molecular formula is C32H32N14O4. The fraction of sp³-hybridized carbons (Fsp3) is 0.125. The summed E-state index contributed by atoms with van der Waals surface area (Å²) in [6.45, 7) is 3.43. The number of nitrogen functional groups attached to an aromatic ring is 3. The lowest BCUT2D eigenvalue weighted by molar-refractivity contribution is -0.383. The van der Waals surface area contributed by atoms with Crippen LogP contribution in [-0.4, -0.2) is 56.2 Å². The van der Waals surface area contributed by atoms with Crippen molar-refractivity contribution in [3.63, 3.8) is 0 Å². The third-order valence-corrected chi connectivity index (χ3v) is 7.81. The van der Waals surface area contributed by atoms with Crippen molar-refractivity contribution >= 4 is 34.8 Å². The van der Waals surface area contributed by atoms with E-state index in [4.69, 9.17) is 28.7 Å². The Morgan fingerprint density at radius 3 is 1.58 bits per heavy atom. The Morgan fingerprint density at radius 2 is 1.14 bits per heavy atom. The second-order valence-corrected chi connectivity index (χ2v) is 11.0. The number of nitrogens with two attached hydrogens (primary N) is 5. The Labute approximate surface area is 284 Å². The van der Waals surface area contributed by atoms with Gasteiger partial charge in [-0.1, -0.05) is 12.1 Å². The predicted molar refractivity (Wildman–Crippen MR) is 184 cm³/mol. The molecule has 0 aromatic carbocycles. The van der Waals surface area contributed by atoms with Gasteiger partial charge in [0, 0.05) is 53.9 Å². The second kappa shape index (κ2) is 14.3. The molecule has 18 heteroatoms. The lowest BCUT2D eigenvalue weighted by Crippen LogP contribution is -2.18. The molecule has 50 heavy (non-hydrogen) atoms. The Bertz CT molecular complexity index is 2180. The minimum Gasteiger partial charge on any atom is -0.395 e. The van der Waals surface area contributed by atoms with Gasteiger partial charge in [0.1, 0.15) is 5.82 Å². The zero-order valence-corrected chi connectivity index (χ0v) is 26.8. The predicted octanol–water partition coefficient (Wildman–Crippen LogP) is 2.49. The third kappa shape index (κ3) is 7.18. The van der Waals surface area contributed by atoms with Gasteiger partial charge in [-0.3, -0.25) is 19.7 Å². The van der Waals surface area contributed by atoms with E-state index in [9.17, 15) is 19.7 Å². The number of carbonyl (C=O) groups is 2. The summed E-state index contributed by atoms with van der Waals surface area (Å²) in [4.78, 5) is 49.4. The Morgan fingerprint density at radius 1 is 0.680 bits per heavy atom. The first-order valence-electron chi connectivity index (χ1n) is 14.9. The van der Waals surface area contributed by atoms with Crippen LogP contribution in [0.15, 0.2) is 86.0 Å². The van der Waals surface area contributed by atoms with Crippen LogP contribution in [0, 0.1) is 10.1 Å². The number of rotatable bonds is 9. The summed E-state index contributed by atoms with van der Waals surface area (Å²) in [5.74, 6) is -0.457. The van der Waals surface area contributed by atoms with Crippen LogP contribution in [0.4, 0.5) is 23.0 Å². The SMILES string of the molecule is CC(C(N)=O)c1ccc(-n2cc(-c3ccnc(N)c3N)cn2)nc1.CC(C(N)=O)c1ccc(-n2cc(-c3ccnc(N)c3[N+](=O)[O-])cn2)nc1. The molecule has 2 amide bonds. The smallest absolute Gasteiger partial charge is 0.319 e. The molecule has 0 aliphatic carbocycles. The number of nitro groups is 1. The van der Waals surface area contributed by atoms with Crippen molar-refractivity contribution in [2.24, 2.45) is 11.5 Å². The van der Waals surface area contributed by atoms with Gasteiger partial charge in [0.15, 0.2) is 11.6 Å². The largest absolute Gasteiger partial charge is 0.395 e. The monoisotopic (exact) mass is 676 g/mol. The summed E-state index contributed by atoms with van der Waals surface area (Å²) in [7, 11) is 0. The van der Waals surface area contributed by atoms with Gasteiger partial charge in [-0.15, -0.1) is 0 Å². The highest BCUT2D eigenvalue weighted by Crippen LogP contribution is 2.33. The van der Waals surface area contributed by atoms with Gasteiger partial charge in [0.05, 0.1) is 40.4 Å². The van der Waals surface area contributed by atoms with Crippen LogP contribution >= 0.6 is 0 Å². The lowest BCUT2D eigenvalue weighted by atomic mass is 10.0. The van der Waals surface area contributed by atoms with E-state index in [0.717, 1.165) is 16.7 Å². The van der Waals surface area contributed by atoms with E-state index in [-0.39, 0.29) is 23.2 Å².